The highest BCUT2D eigenvalue weighted by molar-refractivity contribution is 5.69. The SMILES string of the molecule is CCOC(=O)CCN(C)CC(O)COCCOC. The maximum Gasteiger partial charge on any atom is 0.307 e. The van der Waals surface area contributed by atoms with E-state index in [1.807, 2.05) is 11.9 Å². The number of methoxy groups -OCH3 is 1. The Morgan fingerprint density at radius 1 is 1.39 bits per heavy atom. The zero-order chi connectivity index (χ0) is 13.8. The lowest BCUT2D eigenvalue weighted by Gasteiger charge is -2.20. The zero-order valence-corrected chi connectivity index (χ0v) is 11.6. The number of carbonyl (C=O) groups excluding carboxylic acids is 1. The molecule has 0 aromatic carbocycles. The Balaban J connectivity index is 3.54. The molecule has 18 heavy (non-hydrogen) atoms. The van der Waals surface area contributed by atoms with Crippen molar-refractivity contribution in [3.63, 3.8) is 0 Å². The molecule has 0 aliphatic rings. The highest BCUT2D eigenvalue weighted by atomic mass is 16.5. The molecule has 1 atom stereocenters. The molecule has 0 saturated heterocycles. The molecule has 6 heteroatoms. The Morgan fingerprint density at radius 2 is 2.11 bits per heavy atom. The molecule has 0 radical (unpaired) electrons. The smallest absolute Gasteiger partial charge is 0.307 e. The molecule has 0 amide bonds. The Kier molecular flexibility index (Phi) is 11.0. The van der Waals surface area contributed by atoms with Crippen molar-refractivity contribution in [3.8, 4) is 0 Å². The fraction of sp³-hybridized carbons (Fsp3) is 0.917. The van der Waals surface area contributed by atoms with E-state index in [0.29, 0.717) is 39.3 Å². The average Bonchev–Trinajstić information content (AvgIpc) is 2.32. The second-order valence-corrected chi connectivity index (χ2v) is 4.04. The first-order chi connectivity index (χ1) is 8.60. The van der Waals surface area contributed by atoms with Crippen molar-refractivity contribution >= 4 is 5.97 Å². The van der Waals surface area contributed by atoms with Crippen LogP contribution in [0.15, 0.2) is 0 Å². The van der Waals surface area contributed by atoms with Crippen molar-refractivity contribution in [2.75, 3.05) is 53.7 Å². The monoisotopic (exact) mass is 263 g/mol. The highest BCUT2D eigenvalue weighted by Crippen LogP contribution is 1.95. The van der Waals surface area contributed by atoms with Gasteiger partial charge < -0.3 is 24.2 Å². The van der Waals surface area contributed by atoms with Gasteiger partial charge in [0.2, 0.25) is 0 Å². The van der Waals surface area contributed by atoms with E-state index in [0.717, 1.165) is 0 Å². The minimum absolute atomic E-state index is 0.213. The van der Waals surface area contributed by atoms with Gasteiger partial charge in [-0.1, -0.05) is 0 Å². The van der Waals surface area contributed by atoms with Crippen LogP contribution < -0.4 is 0 Å². The summed E-state index contributed by atoms with van der Waals surface area (Å²) in [7, 11) is 3.44. The van der Waals surface area contributed by atoms with E-state index in [1.54, 1.807) is 14.0 Å². The van der Waals surface area contributed by atoms with Crippen molar-refractivity contribution in [1.29, 1.82) is 0 Å². The maximum atomic E-state index is 11.1. The Hall–Kier alpha value is -0.690. The molecule has 0 bridgehead atoms. The zero-order valence-electron chi connectivity index (χ0n) is 11.6. The average molecular weight is 263 g/mol. The van der Waals surface area contributed by atoms with Crippen LogP contribution in [-0.2, 0) is 19.0 Å². The van der Waals surface area contributed by atoms with Gasteiger partial charge >= 0.3 is 5.97 Å². The number of ether oxygens (including phenoxy) is 3. The summed E-state index contributed by atoms with van der Waals surface area (Å²) in [5, 5.41) is 9.66. The van der Waals surface area contributed by atoms with Crippen LogP contribution in [0.2, 0.25) is 0 Å². The Bertz CT molecular complexity index is 213. The molecule has 0 saturated carbocycles. The van der Waals surface area contributed by atoms with E-state index in [1.165, 1.54) is 0 Å². The number of carbonyl (C=O) groups is 1. The van der Waals surface area contributed by atoms with E-state index < -0.39 is 6.10 Å². The van der Waals surface area contributed by atoms with Gasteiger partial charge in [0.1, 0.15) is 0 Å². The first kappa shape index (κ1) is 17.3. The summed E-state index contributed by atoms with van der Waals surface area (Å²) in [5.74, 6) is -0.213. The quantitative estimate of drug-likeness (QED) is 0.414. The van der Waals surface area contributed by atoms with Crippen molar-refractivity contribution < 1.29 is 24.1 Å². The third-order valence-electron chi connectivity index (χ3n) is 2.27. The topological polar surface area (TPSA) is 68.2 Å². The van der Waals surface area contributed by atoms with Gasteiger partial charge in [0, 0.05) is 20.2 Å². The van der Waals surface area contributed by atoms with Gasteiger partial charge in [-0.05, 0) is 14.0 Å². The maximum absolute atomic E-state index is 11.1. The molecule has 0 aliphatic carbocycles. The standard InChI is InChI=1S/C12H25NO5/c1-4-18-12(15)5-6-13(2)9-11(14)10-17-8-7-16-3/h11,14H,4-10H2,1-3H3. The normalized spacial score (nSPS) is 12.7. The molecule has 1 unspecified atom stereocenters. The van der Waals surface area contributed by atoms with Crippen LogP contribution in [0.1, 0.15) is 13.3 Å². The number of aliphatic hydroxyl groups is 1. The summed E-state index contributed by atoms with van der Waals surface area (Å²) in [5.41, 5.74) is 0. The minimum atomic E-state index is -0.561. The van der Waals surface area contributed by atoms with Gasteiger partial charge in [0.05, 0.1) is 39.0 Å². The largest absolute Gasteiger partial charge is 0.466 e. The summed E-state index contributed by atoms with van der Waals surface area (Å²) in [4.78, 5) is 13.0. The summed E-state index contributed by atoms with van der Waals surface area (Å²) in [6.45, 7) is 4.47. The van der Waals surface area contributed by atoms with Gasteiger partial charge in [-0.15, -0.1) is 0 Å². The van der Waals surface area contributed by atoms with E-state index in [-0.39, 0.29) is 12.6 Å². The molecule has 0 heterocycles. The van der Waals surface area contributed by atoms with Crippen LogP contribution in [0.5, 0.6) is 0 Å². The minimum Gasteiger partial charge on any atom is -0.466 e. The summed E-state index contributed by atoms with van der Waals surface area (Å²) in [6.07, 6.45) is -0.226. The number of rotatable bonds is 11. The van der Waals surface area contributed by atoms with Gasteiger partial charge in [0.15, 0.2) is 0 Å². The lowest BCUT2D eigenvalue weighted by Crippen LogP contribution is -2.34. The van der Waals surface area contributed by atoms with E-state index in [4.69, 9.17) is 14.2 Å². The fourth-order valence-corrected chi connectivity index (χ4v) is 1.38. The molecular formula is C12H25NO5. The first-order valence-corrected chi connectivity index (χ1v) is 6.19. The first-order valence-electron chi connectivity index (χ1n) is 6.19. The van der Waals surface area contributed by atoms with Crippen LogP contribution in [0, 0.1) is 0 Å². The molecule has 0 aromatic heterocycles. The predicted molar refractivity (Wildman–Crippen MR) is 67.4 cm³/mol. The van der Waals surface area contributed by atoms with E-state index >= 15 is 0 Å². The third-order valence-corrected chi connectivity index (χ3v) is 2.27. The molecule has 108 valence electrons. The molecule has 0 aliphatic heterocycles. The van der Waals surface area contributed by atoms with Crippen LogP contribution in [0.3, 0.4) is 0 Å². The van der Waals surface area contributed by atoms with Crippen LogP contribution in [-0.4, -0.2) is 75.8 Å². The third kappa shape index (κ3) is 10.5. The number of likely N-dealkylation sites (N-methyl/N-ethyl adjacent to an activating group) is 1. The summed E-state index contributed by atoms with van der Waals surface area (Å²) < 4.78 is 14.9. The number of hydrogen-bond donors (Lipinski definition) is 1. The lowest BCUT2D eigenvalue weighted by molar-refractivity contribution is -0.143. The summed E-state index contributed by atoms with van der Waals surface area (Å²) in [6, 6.07) is 0. The predicted octanol–water partition coefficient (Wildman–Crippen LogP) is -0.105. The summed E-state index contributed by atoms with van der Waals surface area (Å²) >= 11 is 0. The fourth-order valence-electron chi connectivity index (χ4n) is 1.38. The number of nitrogens with zero attached hydrogens (tertiary/aromatic N) is 1. The van der Waals surface area contributed by atoms with Gasteiger partial charge in [-0.2, -0.15) is 0 Å². The lowest BCUT2D eigenvalue weighted by atomic mass is 10.3. The van der Waals surface area contributed by atoms with Crippen molar-refractivity contribution in [1.82, 2.24) is 4.90 Å². The van der Waals surface area contributed by atoms with Crippen LogP contribution in [0.25, 0.3) is 0 Å². The molecular weight excluding hydrogens is 238 g/mol. The Morgan fingerprint density at radius 3 is 2.72 bits per heavy atom. The second kappa shape index (κ2) is 11.4. The number of esters is 1. The molecule has 0 aromatic rings. The van der Waals surface area contributed by atoms with Gasteiger partial charge in [0.25, 0.3) is 0 Å². The molecule has 1 N–H and O–H groups in total. The molecule has 0 fully saturated rings. The highest BCUT2D eigenvalue weighted by Gasteiger charge is 2.10. The van der Waals surface area contributed by atoms with Crippen LogP contribution >= 0.6 is 0 Å². The number of hydrogen-bond acceptors (Lipinski definition) is 6. The molecule has 6 nitrogen and oxygen atoms in total. The van der Waals surface area contributed by atoms with Crippen molar-refractivity contribution in [2.24, 2.45) is 0 Å². The molecule has 0 rings (SSSR count). The van der Waals surface area contributed by atoms with Gasteiger partial charge in [-0.3, -0.25) is 4.79 Å². The Labute approximate surface area is 109 Å². The van der Waals surface area contributed by atoms with E-state index in [2.05, 4.69) is 0 Å². The second-order valence-electron chi connectivity index (χ2n) is 4.04. The number of aliphatic hydroxyl groups excluding tert-OH is 1. The van der Waals surface area contributed by atoms with E-state index in [9.17, 15) is 9.90 Å². The van der Waals surface area contributed by atoms with Crippen LogP contribution in [0.4, 0.5) is 0 Å². The van der Waals surface area contributed by atoms with Crippen molar-refractivity contribution in [3.05, 3.63) is 0 Å². The van der Waals surface area contributed by atoms with Crippen molar-refractivity contribution in [2.45, 2.75) is 19.4 Å². The van der Waals surface area contributed by atoms with Gasteiger partial charge in [-0.25, -0.2) is 0 Å². The molecule has 0 spiro atoms.